The van der Waals surface area contributed by atoms with Crippen molar-refractivity contribution >= 4 is 5.84 Å². The summed E-state index contributed by atoms with van der Waals surface area (Å²) in [6, 6.07) is 0. The van der Waals surface area contributed by atoms with E-state index < -0.39 is 0 Å². The third-order valence-electron chi connectivity index (χ3n) is 4.54. The molecular formula is C20H43N2+. The van der Waals surface area contributed by atoms with Gasteiger partial charge >= 0.3 is 0 Å². The maximum atomic E-state index is 3.63. The van der Waals surface area contributed by atoms with Crippen molar-refractivity contribution in [2.45, 2.75) is 97.8 Å². The first-order chi connectivity index (χ1) is 10.7. The molecule has 0 aromatic rings. The fourth-order valence-corrected chi connectivity index (χ4v) is 3.26. The van der Waals surface area contributed by atoms with Gasteiger partial charge in [-0.1, -0.05) is 78.1 Å². The second-order valence-corrected chi connectivity index (χ2v) is 6.91. The average Bonchev–Trinajstić information content (AvgIpc) is 2.50. The molecule has 0 aromatic heterocycles. The summed E-state index contributed by atoms with van der Waals surface area (Å²) in [7, 11) is 4.39. The molecule has 0 aliphatic carbocycles. The van der Waals surface area contributed by atoms with Crippen LogP contribution in [0.5, 0.6) is 0 Å². The van der Waals surface area contributed by atoms with Gasteiger partial charge in [-0.3, -0.25) is 9.89 Å². The molecule has 2 nitrogen and oxygen atoms in total. The van der Waals surface area contributed by atoms with Gasteiger partial charge in [0.1, 0.15) is 0 Å². The zero-order valence-corrected chi connectivity index (χ0v) is 16.2. The second-order valence-electron chi connectivity index (χ2n) is 6.91. The first-order valence-electron chi connectivity index (χ1n) is 9.95. The highest BCUT2D eigenvalue weighted by molar-refractivity contribution is 5.79. The van der Waals surface area contributed by atoms with Crippen molar-refractivity contribution in [3.05, 3.63) is 0 Å². The van der Waals surface area contributed by atoms with Crippen molar-refractivity contribution in [1.29, 1.82) is 0 Å². The highest BCUT2D eigenvalue weighted by atomic mass is 15.1. The van der Waals surface area contributed by atoms with E-state index in [0.29, 0.717) is 0 Å². The Labute approximate surface area is 140 Å². The summed E-state index contributed by atoms with van der Waals surface area (Å²) in [5.41, 5.74) is 0. The molecule has 1 N–H and O–H groups in total. The van der Waals surface area contributed by atoms with Gasteiger partial charge in [0.15, 0.2) is 0 Å². The van der Waals surface area contributed by atoms with Crippen molar-refractivity contribution in [1.82, 2.24) is 5.32 Å². The van der Waals surface area contributed by atoms with Crippen LogP contribution in [0.2, 0.25) is 0 Å². The molecule has 0 radical (unpaired) electrons. The largest absolute Gasteiger partial charge is 0.279 e. The van der Waals surface area contributed by atoms with Crippen molar-refractivity contribution in [3.63, 3.8) is 0 Å². The van der Waals surface area contributed by atoms with Gasteiger partial charge in [-0.05, 0) is 19.8 Å². The Morgan fingerprint density at radius 3 is 1.64 bits per heavy atom. The monoisotopic (exact) mass is 311 g/mol. The molecule has 0 aliphatic rings. The molecule has 0 rings (SSSR count). The van der Waals surface area contributed by atoms with Crippen LogP contribution < -0.4 is 5.32 Å². The molecule has 0 aromatic carbocycles. The van der Waals surface area contributed by atoms with Gasteiger partial charge in [0, 0.05) is 0 Å². The molecule has 0 bridgehead atoms. The molecule has 22 heavy (non-hydrogen) atoms. The van der Waals surface area contributed by atoms with Gasteiger partial charge in [0.25, 0.3) is 0 Å². The molecule has 0 heterocycles. The van der Waals surface area contributed by atoms with E-state index in [1.54, 1.807) is 0 Å². The predicted octanol–water partition coefficient (Wildman–Crippen LogP) is 5.60. The third kappa shape index (κ3) is 11.1. The molecule has 0 saturated heterocycles. The molecule has 0 saturated carbocycles. The Kier molecular flexibility index (Phi) is 15.0. The summed E-state index contributed by atoms with van der Waals surface area (Å²) in [6.07, 6.45) is 16.6. The molecule has 0 spiro atoms. The van der Waals surface area contributed by atoms with Crippen LogP contribution in [-0.4, -0.2) is 31.1 Å². The van der Waals surface area contributed by atoms with Gasteiger partial charge in [-0.15, -0.1) is 0 Å². The minimum atomic E-state index is 0.734. The van der Waals surface area contributed by atoms with E-state index in [4.69, 9.17) is 0 Å². The van der Waals surface area contributed by atoms with Crippen LogP contribution in [-0.2, 0) is 0 Å². The first kappa shape index (κ1) is 21.5. The van der Waals surface area contributed by atoms with Crippen LogP contribution in [0.25, 0.3) is 0 Å². The van der Waals surface area contributed by atoms with Crippen LogP contribution in [0, 0.1) is 5.92 Å². The Balaban J connectivity index is 4.29. The van der Waals surface area contributed by atoms with E-state index in [2.05, 4.69) is 44.8 Å². The Morgan fingerprint density at radius 2 is 1.18 bits per heavy atom. The minimum absolute atomic E-state index is 0.734. The lowest BCUT2D eigenvalue weighted by molar-refractivity contribution is -0.469. The van der Waals surface area contributed by atoms with E-state index in [0.717, 1.165) is 12.5 Å². The average molecular weight is 312 g/mol. The summed E-state index contributed by atoms with van der Waals surface area (Å²) in [5.74, 6) is 2.20. The highest BCUT2D eigenvalue weighted by Crippen LogP contribution is 2.19. The van der Waals surface area contributed by atoms with E-state index in [-0.39, 0.29) is 0 Å². The van der Waals surface area contributed by atoms with Gasteiger partial charge in [-0.25, -0.2) is 0 Å². The molecule has 0 amide bonds. The third-order valence-corrected chi connectivity index (χ3v) is 4.54. The standard InChI is InChI=1S/C20H42N2/c1-6-9-11-13-14-16-18-19(17-15-12-10-7-2)20(21-8-3)22(4)5/h19H,6-18H2,1-5H3/p+1. The predicted molar refractivity (Wildman–Crippen MR) is 101 cm³/mol. The Bertz CT molecular complexity index is 267. The van der Waals surface area contributed by atoms with Gasteiger partial charge in [0.05, 0.1) is 26.6 Å². The van der Waals surface area contributed by atoms with E-state index in [1.165, 1.54) is 82.9 Å². The molecule has 1 atom stereocenters. The minimum Gasteiger partial charge on any atom is -0.279 e. The van der Waals surface area contributed by atoms with Crippen LogP contribution in [0.4, 0.5) is 0 Å². The van der Waals surface area contributed by atoms with Crippen molar-refractivity contribution in [3.8, 4) is 0 Å². The van der Waals surface area contributed by atoms with E-state index in [1.807, 2.05) is 0 Å². The molecule has 0 fully saturated rings. The van der Waals surface area contributed by atoms with Crippen molar-refractivity contribution in [2.75, 3.05) is 20.6 Å². The maximum Gasteiger partial charge on any atom is 0.247 e. The number of nitrogens with zero attached hydrogens (tertiary/aromatic N) is 1. The zero-order chi connectivity index (χ0) is 16.6. The number of amidine groups is 1. The summed E-state index contributed by atoms with van der Waals surface area (Å²) < 4.78 is 2.31. The summed E-state index contributed by atoms with van der Waals surface area (Å²) in [4.78, 5) is 0. The van der Waals surface area contributed by atoms with Crippen LogP contribution in [0.1, 0.15) is 97.8 Å². The van der Waals surface area contributed by atoms with E-state index >= 15 is 0 Å². The lowest BCUT2D eigenvalue weighted by atomic mass is 9.92. The fraction of sp³-hybridized carbons (Fsp3) is 0.950. The number of nitrogens with one attached hydrogen (secondary N) is 1. The van der Waals surface area contributed by atoms with Gasteiger partial charge in [0.2, 0.25) is 5.84 Å². The van der Waals surface area contributed by atoms with Crippen LogP contribution in [0.3, 0.4) is 0 Å². The van der Waals surface area contributed by atoms with Crippen LogP contribution >= 0.6 is 0 Å². The summed E-state index contributed by atoms with van der Waals surface area (Å²) >= 11 is 0. The quantitative estimate of drug-likeness (QED) is 0.191. The maximum absolute atomic E-state index is 3.63. The molecule has 0 aliphatic heterocycles. The first-order valence-corrected chi connectivity index (χ1v) is 9.95. The lowest BCUT2D eigenvalue weighted by Crippen LogP contribution is -2.37. The number of hydrogen-bond donors (Lipinski definition) is 1. The molecule has 132 valence electrons. The Hall–Kier alpha value is -0.530. The normalized spacial score (nSPS) is 12.2. The Morgan fingerprint density at radius 1 is 0.727 bits per heavy atom. The summed E-state index contributed by atoms with van der Waals surface area (Å²) in [5, 5.41) is 3.63. The molecular weight excluding hydrogens is 268 g/mol. The topological polar surface area (TPSA) is 15.0 Å². The SMILES string of the molecule is CCCCCCCCC(CCCCCC)C(NCC)=[N+](C)C. The van der Waals surface area contributed by atoms with E-state index in [9.17, 15) is 0 Å². The second kappa shape index (κ2) is 15.4. The van der Waals surface area contributed by atoms with Crippen LogP contribution in [0.15, 0.2) is 0 Å². The number of rotatable bonds is 14. The fourth-order valence-electron chi connectivity index (χ4n) is 3.26. The van der Waals surface area contributed by atoms with Gasteiger partial charge in [-0.2, -0.15) is 0 Å². The summed E-state index contributed by atoms with van der Waals surface area (Å²) in [6.45, 7) is 7.84. The lowest BCUT2D eigenvalue weighted by Gasteiger charge is -2.17. The molecule has 2 heteroatoms. The van der Waals surface area contributed by atoms with Crippen molar-refractivity contribution < 1.29 is 4.58 Å². The molecule has 1 unspecified atom stereocenters. The smallest absolute Gasteiger partial charge is 0.247 e. The van der Waals surface area contributed by atoms with Gasteiger partial charge < -0.3 is 0 Å². The highest BCUT2D eigenvalue weighted by Gasteiger charge is 2.21. The number of hydrogen-bond acceptors (Lipinski definition) is 0. The van der Waals surface area contributed by atoms with Crippen molar-refractivity contribution in [2.24, 2.45) is 5.92 Å². The number of unbranched alkanes of at least 4 members (excludes halogenated alkanes) is 8. The zero-order valence-electron chi connectivity index (χ0n) is 16.2.